The zero-order valence-electron chi connectivity index (χ0n) is 22.4. The molecular weight excluding hydrogens is 498 g/mol. The topological polar surface area (TPSA) is 103 Å². The molecule has 0 bridgehead atoms. The maximum Gasteiger partial charge on any atom is 0.295 e. The summed E-state index contributed by atoms with van der Waals surface area (Å²) < 4.78 is 19.3. The molecule has 2 aliphatic heterocycles. The number of aromatic nitrogens is 2. The van der Waals surface area contributed by atoms with Gasteiger partial charge in [0.2, 0.25) is 0 Å². The first-order valence-electron chi connectivity index (χ1n) is 13.3. The summed E-state index contributed by atoms with van der Waals surface area (Å²) in [5.74, 6) is 0.305. The molecule has 9 heteroatoms. The third-order valence-corrected chi connectivity index (χ3v) is 6.97. The molecule has 1 saturated heterocycles. The summed E-state index contributed by atoms with van der Waals surface area (Å²) in [5, 5.41) is 11.5. The van der Waals surface area contributed by atoms with Crippen LogP contribution in [0.5, 0.6) is 17.2 Å². The number of likely N-dealkylation sites (tertiary alicyclic amines) is 1. The Morgan fingerprint density at radius 1 is 1.08 bits per heavy atom. The molecule has 1 aromatic heterocycles. The van der Waals surface area contributed by atoms with Crippen molar-refractivity contribution in [1.29, 1.82) is 0 Å². The standard InChI is InChI=1S/C30H33N3O6/c1-4-37-24-10-7-20(17-25(24)38-5-2)27-26(28(34)21-8-9-23-22(16-21)15-19(3)39-23)29(35)30(36)33(27)13-6-12-32-14-11-31-18-32/h7-11,14,16-19,27,34H,4-6,12-13,15H2,1-3H3/b28-26+/t19-,27-/m0/s1. The highest BCUT2D eigenvalue weighted by molar-refractivity contribution is 6.46. The van der Waals surface area contributed by atoms with Crippen molar-refractivity contribution in [3.8, 4) is 17.2 Å². The van der Waals surface area contributed by atoms with Crippen molar-refractivity contribution in [3.63, 3.8) is 0 Å². The Bertz CT molecular complexity index is 1400. The number of amides is 1. The van der Waals surface area contributed by atoms with E-state index < -0.39 is 17.7 Å². The van der Waals surface area contributed by atoms with Gasteiger partial charge in [-0.05, 0) is 68.7 Å². The van der Waals surface area contributed by atoms with Crippen molar-refractivity contribution in [2.24, 2.45) is 0 Å². The van der Waals surface area contributed by atoms with E-state index in [0.717, 1.165) is 11.3 Å². The molecule has 3 heterocycles. The number of aryl methyl sites for hydroxylation is 1. The SMILES string of the molecule is CCOc1ccc([C@H]2/C(=C(\O)c3ccc4c(c3)C[C@H](C)O4)C(=O)C(=O)N2CCCn2ccnc2)cc1OCC. The molecule has 2 aliphatic rings. The van der Waals surface area contributed by atoms with Gasteiger partial charge in [0.1, 0.15) is 17.6 Å². The lowest BCUT2D eigenvalue weighted by Crippen LogP contribution is -2.31. The van der Waals surface area contributed by atoms with Gasteiger partial charge in [-0.25, -0.2) is 4.98 Å². The van der Waals surface area contributed by atoms with E-state index in [1.807, 2.05) is 43.7 Å². The molecule has 1 N–H and O–H groups in total. The molecule has 0 saturated carbocycles. The molecule has 0 spiro atoms. The zero-order chi connectivity index (χ0) is 27.5. The van der Waals surface area contributed by atoms with E-state index in [0.29, 0.717) is 61.8 Å². The van der Waals surface area contributed by atoms with Crippen LogP contribution in [0.4, 0.5) is 0 Å². The van der Waals surface area contributed by atoms with Gasteiger partial charge in [-0.3, -0.25) is 9.59 Å². The lowest BCUT2D eigenvalue weighted by Gasteiger charge is -2.26. The van der Waals surface area contributed by atoms with E-state index in [1.54, 1.807) is 36.8 Å². The van der Waals surface area contributed by atoms with Crippen molar-refractivity contribution in [3.05, 3.63) is 77.4 Å². The molecule has 1 fully saturated rings. The lowest BCUT2D eigenvalue weighted by atomic mass is 9.94. The van der Waals surface area contributed by atoms with Gasteiger partial charge in [0, 0.05) is 37.5 Å². The van der Waals surface area contributed by atoms with Gasteiger partial charge in [0.05, 0.1) is 31.2 Å². The van der Waals surface area contributed by atoms with Crippen LogP contribution >= 0.6 is 0 Å². The molecule has 0 radical (unpaired) electrons. The van der Waals surface area contributed by atoms with Gasteiger partial charge in [0.15, 0.2) is 11.5 Å². The number of carbonyl (C=O) groups is 2. The van der Waals surface area contributed by atoms with Gasteiger partial charge in [-0.1, -0.05) is 6.07 Å². The summed E-state index contributed by atoms with van der Waals surface area (Å²) in [5.41, 5.74) is 2.14. The number of imidazole rings is 1. The minimum absolute atomic E-state index is 0.0410. The summed E-state index contributed by atoms with van der Waals surface area (Å²) in [6.45, 7) is 7.58. The molecule has 9 nitrogen and oxygen atoms in total. The average molecular weight is 532 g/mol. The van der Waals surface area contributed by atoms with Crippen LogP contribution in [0, 0.1) is 0 Å². The number of rotatable bonds is 10. The molecule has 204 valence electrons. The van der Waals surface area contributed by atoms with Gasteiger partial charge in [-0.2, -0.15) is 0 Å². The van der Waals surface area contributed by atoms with Gasteiger partial charge in [0.25, 0.3) is 11.7 Å². The summed E-state index contributed by atoms with van der Waals surface area (Å²) in [7, 11) is 0. The van der Waals surface area contributed by atoms with E-state index in [-0.39, 0.29) is 17.4 Å². The van der Waals surface area contributed by atoms with E-state index in [9.17, 15) is 14.7 Å². The van der Waals surface area contributed by atoms with Crippen LogP contribution in [0.1, 0.15) is 49.9 Å². The minimum atomic E-state index is -0.786. The summed E-state index contributed by atoms with van der Waals surface area (Å²) >= 11 is 0. The van der Waals surface area contributed by atoms with Crippen LogP contribution < -0.4 is 14.2 Å². The van der Waals surface area contributed by atoms with Gasteiger partial charge >= 0.3 is 0 Å². The summed E-state index contributed by atoms with van der Waals surface area (Å²) in [4.78, 5) is 32.4. The molecule has 2 atom stereocenters. The number of aliphatic hydroxyl groups excluding tert-OH is 1. The van der Waals surface area contributed by atoms with E-state index in [1.165, 1.54) is 4.90 Å². The monoisotopic (exact) mass is 531 g/mol. The second kappa shape index (κ2) is 11.2. The first kappa shape index (κ1) is 26.3. The van der Waals surface area contributed by atoms with Crippen molar-refractivity contribution in [1.82, 2.24) is 14.5 Å². The van der Waals surface area contributed by atoms with Crippen molar-refractivity contribution in [2.75, 3.05) is 19.8 Å². The van der Waals surface area contributed by atoms with E-state index >= 15 is 0 Å². The smallest absolute Gasteiger partial charge is 0.295 e. The molecule has 3 aromatic rings. The zero-order valence-corrected chi connectivity index (χ0v) is 22.4. The molecule has 0 aliphatic carbocycles. The third-order valence-electron chi connectivity index (χ3n) is 6.97. The number of ketones is 1. The van der Waals surface area contributed by atoms with Crippen LogP contribution in [-0.2, 0) is 22.6 Å². The maximum absolute atomic E-state index is 13.5. The number of Topliss-reactive ketones (excluding diaryl/α,β-unsaturated/α-hetero) is 1. The van der Waals surface area contributed by atoms with Crippen molar-refractivity contribution >= 4 is 17.4 Å². The Hall–Kier alpha value is -4.27. The van der Waals surface area contributed by atoms with Crippen LogP contribution in [0.3, 0.4) is 0 Å². The normalized spacial score (nSPS) is 19.7. The molecule has 1 amide bonds. The minimum Gasteiger partial charge on any atom is -0.507 e. The second-order valence-electron chi connectivity index (χ2n) is 9.67. The van der Waals surface area contributed by atoms with Crippen LogP contribution in [0.15, 0.2) is 60.7 Å². The first-order valence-corrected chi connectivity index (χ1v) is 13.3. The molecule has 0 unspecified atom stereocenters. The highest BCUT2D eigenvalue weighted by Crippen LogP contribution is 2.43. The number of hydrogen-bond acceptors (Lipinski definition) is 7. The predicted octanol–water partition coefficient (Wildman–Crippen LogP) is 4.52. The van der Waals surface area contributed by atoms with E-state index in [4.69, 9.17) is 14.2 Å². The third kappa shape index (κ3) is 5.21. The Morgan fingerprint density at radius 3 is 2.62 bits per heavy atom. The van der Waals surface area contributed by atoms with Crippen LogP contribution in [0.2, 0.25) is 0 Å². The number of aliphatic hydroxyl groups is 1. The number of benzene rings is 2. The Labute approximate surface area is 227 Å². The average Bonchev–Trinajstić information content (AvgIpc) is 3.63. The fourth-order valence-corrected chi connectivity index (χ4v) is 5.26. The number of carbonyl (C=O) groups excluding carboxylic acids is 2. The maximum atomic E-state index is 13.5. The van der Waals surface area contributed by atoms with Crippen LogP contribution in [0.25, 0.3) is 5.76 Å². The number of hydrogen-bond donors (Lipinski definition) is 1. The number of ether oxygens (including phenoxy) is 3. The quantitative estimate of drug-likeness (QED) is 0.233. The second-order valence-corrected chi connectivity index (χ2v) is 9.67. The van der Waals surface area contributed by atoms with Crippen LogP contribution in [-0.4, -0.2) is 57.1 Å². The van der Waals surface area contributed by atoms with Gasteiger partial charge < -0.3 is 28.8 Å². The fraction of sp³-hybridized carbons (Fsp3) is 0.367. The van der Waals surface area contributed by atoms with Crippen molar-refractivity contribution in [2.45, 2.75) is 52.3 Å². The fourth-order valence-electron chi connectivity index (χ4n) is 5.26. The van der Waals surface area contributed by atoms with Gasteiger partial charge in [-0.15, -0.1) is 0 Å². The first-order chi connectivity index (χ1) is 18.9. The summed E-state index contributed by atoms with van der Waals surface area (Å²) in [6, 6.07) is 9.96. The Balaban J connectivity index is 1.57. The largest absolute Gasteiger partial charge is 0.507 e. The highest BCUT2D eigenvalue weighted by atomic mass is 16.5. The molecule has 39 heavy (non-hydrogen) atoms. The molecule has 2 aromatic carbocycles. The molecular formula is C30H33N3O6. The Morgan fingerprint density at radius 2 is 1.87 bits per heavy atom. The van der Waals surface area contributed by atoms with Crippen molar-refractivity contribution < 1.29 is 28.9 Å². The summed E-state index contributed by atoms with van der Waals surface area (Å²) in [6.07, 6.45) is 6.61. The number of nitrogens with zero attached hydrogens (tertiary/aromatic N) is 3. The lowest BCUT2D eigenvalue weighted by molar-refractivity contribution is -0.139. The number of fused-ring (bicyclic) bond motifs is 1. The highest BCUT2D eigenvalue weighted by Gasteiger charge is 2.46. The Kier molecular flexibility index (Phi) is 7.58. The molecule has 5 rings (SSSR count). The predicted molar refractivity (Wildman–Crippen MR) is 145 cm³/mol. The van der Waals surface area contributed by atoms with E-state index in [2.05, 4.69) is 4.98 Å².